The average Bonchev–Trinajstić information content (AvgIpc) is 3.02. The van der Waals surface area contributed by atoms with Crippen LogP contribution in [0.25, 0.3) is 6.08 Å². The lowest BCUT2D eigenvalue weighted by Crippen LogP contribution is -2.31. The maximum Gasteiger partial charge on any atom is 0.416 e. The molecule has 1 aliphatic rings. The lowest BCUT2D eigenvalue weighted by Gasteiger charge is -2.19. The first-order valence-electron chi connectivity index (χ1n) is 9.68. The lowest BCUT2D eigenvalue weighted by atomic mass is 10.1. The van der Waals surface area contributed by atoms with Crippen LogP contribution in [0.1, 0.15) is 47.2 Å². The van der Waals surface area contributed by atoms with E-state index >= 15 is 0 Å². The summed E-state index contributed by atoms with van der Waals surface area (Å²) in [6, 6.07) is 10.3. The van der Waals surface area contributed by atoms with Gasteiger partial charge in [0.15, 0.2) is 5.78 Å². The standard InChI is InChI=1S/C22H22F3NO3S/c23-22(24,25)19-7-5-6-17(16-19)8-13-21(27)18-9-11-20(12-10-18)30(28,29)26-14-3-1-2-4-15-26/h5-13,16H,1-4,14-15H2. The summed E-state index contributed by atoms with van der Waals surface area (Å²) in [7, 11) is -3.60. The Morgan fingerprint density at radius 3 is 2.17 bits per heavy atom. The Kier molecular flexibility index (Phi) is 6.77. The minimum Gasteiger partial charge on any atom is -0.289 e. The normalized spacial score (nSPS) is 16.5. The number of ketones is 1. The minimum absolute atomic E-state index is 0.128. The number of carbonyl (C=O) groups is 1. The molecule has 1 fully saturated rings. The third kappa shape index (κ3) is 5.37. The van der Waals surface area contributed by atoms with Crippen LogP contribution in [-0.2, 0) is 16.2 Å². The fraction of sp³-hybridized carbons (Fsp3) is 0.318. The summed E-state index contributed by atoms with van der Waals surface area (Å²) >= 11 is 0. The van der Waals surface area contributed by atoms with Crippen LogP contribution in [0.2, 0.25) is 0 Å². The lowest BCUT2D eigenvalue weighted by molar-refractivity contribution is -0.137. The third-order valence-corrected chi connectivity index (χ3v) is 6.90. The smallest absolute Gasteiger partial charge is 0.289 e. The first-order valence-corrected chi connectivity index (χ1v) is 11.1. The molecular formula is C22H22F3NO3S. The summed E-state index contributed by atoms with van der Waals surface area (Å²) in [5.74, 6) is -0.425. The molecule has 0 saturated carbocycles. The van der Waals surface area contributed by atoms with Gasteiger partial charge in [-0.25, -0.2) is 8.42 Å². The number of hydrogen-bond donors (Lipinski definition) is 0. The molecule has 8 heteroatoms. The van der Waals surface area contributed by atoms with Gasteiger partial charge in [-0.2, -0.15) is 17.5 Å². The van der Waals surface area contributed by atoms with Crippen LogP contribution in [0.15, 0.2) is 59.5 Å². The van der Waals surface area contributed by atoms with Crippen molar-refractivity contribution in [1.29, 1.82) is 0 Å². The first-order chi connectivity index (χ1) is 14.2. The molecule has 0 atom stereocenters. The van der Waals surface area contributed by atoms with E-state index in [1.807, 2.05) is 0 Å². The van der Waals surface area contributed by atoms with Crippen molar-refractivity contribution in [3.8, 4) is 0 Å². The van der Waals surface area contributed by atoms with E-state index in [4.69, 9.17) is 0 Å². The molecule has 0 unspecified atom stereocenters. The van der Waals surface area contributed by atoms with E-state index in [-0.39, 0.29) is 16.0 Å². The van der Waals surface area contributed by atoms with E-state index in [2.05, 4.69) is 0 Å². The quantitative estimate of drug-likeness (QED) is 0.479. The Balaban J connectivity index is 1.73. The van der Waals surface area contributed by atoms with Crippen molar-refractivity contribution in [2.75, 3.05) is 13.1 Å². The number of nitrogens with zero attached hydrogens (tertiary/aromatic N) is 1. The van der Waals surface area contributed by atoms with Gasteiger partial charge in [-0.05, 0) is 60.9 Å². The molecule has 0 N–H and O–H groups in total. The summed E-state index contributed by atoms with van der Waals surface area (Å²) < 4.78 is 65.4. The Hall–Kier alpha value is -2.45. The number of rotatable bonds is 5. The Morgan fingerprint density at radius 1 is 0.933 bits per heavy atom. The summed E-state index contributed by atoms with van der Waals surface area (Å²) in [5.41, 5.74) is -0.285. The van der Waals surface area contributed by atoms with E-state index in [1.165, 1.54) is 52.9 Å². The highest BCUT2D eigenvalue weighted by Gasteiger charge is 2.30. The van der Waals surface area contributed by atoms with E-state index in [0.29, 0.717) is 13.1 Å². The van der Waals surface area contributed by atoms with E-state index < -0.39 is 27.5 Å². The maximum absolute atomic E-state index is 12.8. The average molecular weight is 437 g/mol. The number of halogens is 3. The Bertz CT molecular complexity index is 1020. The van der Waals surface area contributed by atoms with Crippen LogP contribution in [0.5, 0.6) is 0 Å². The van der Waals surface area contributed by atoms with Crippen LogP contribution < -0.4 is 0 Å². The molecule has 2 aromatic rings. The van der Waals surface area contributed by atoms with Crippen LogP contribution in [0, 0.1) is 0 Å². The molecular weight excluding hydrogens is 415 g/mol. The summed E-state index contributed by atoms with van der Waals surface area (Å²) in [4.78, 5) is 12.5. The van der Waals surface area contributed by atoms with Gasteiger partial charge >= 0.3 is 6.18 Å². The van der Waals surface area contributed by atoms with Gasteiger partial charge in [0.1, 0.15) is 0 Å². The highest BCUT2D eigenvalue weighted by Crippen LogP contribution is 2.29. The Morgan fingerprint density at radius 2 is 1.57 bits per heavy atom. The van der Waals surface area contributed by atoms with Gasteiger partial charge in [0.2, 0.25) is 10.0 Å². The van der Waals surface area contributed by atoms with Crippen molar-refractivity contribution < 1.29 is 26.4 Å². The number of carbonyl (C=O) groups excluding carboxylic acids is 1. The fourth-order valence-electron chi connectivity index (χ4n) is 3.31. The Labute approximate surface area is 174 Å². The van der Waals surface area contributed by atoms with Gasteiger partial charge < -0.3 is 0 Å². The fourth-order valence-corrected chi connectivity index (χ4v) is 4.83. The molecule has 0 aromatic heterocycles. The van der Waals surface area contributed by atoms with E-state index in [0.717, 1.165) is 37.8 Å². The summed E-state index contributed by atoms with van der Waals surface area (Å²) in [6.45, 7) is 0.978. The van der Waals surface area contributed by atoms with Crippen molar-refractivity contribution in [2.45, 2.75) is 36.8 Å². The molecule has 0 amide bonds. The zero-order valence-electron chi connectivity index (χ0n) is 16.2. The first kappa shape index (κ1) is 22.2. The molecule has 1 saturated heterocycles. The molecule has 30 heavy (non-hydrogen) atoms. The van der Waals surface area contributed by atoms with Crippen molar-refractivity contribution in [2.24, 2.45) is 0 Å². The van der Waals surface area contributed by atoms with Crippen LogP contribution in [-0.4, -0.2) is 31.6 Å². The van der Waals surface area contributed by atoms with Crippen LogP contribution in [0.3, 0.4) is 0 Å². The second-order valence-corrected chi connectivity index (χ2v) is 9.10. The number of sulfonamides is 1. The highest BCUT2D eigenvalue weighted by atomic mass is 32.2. The highest BCUT2D eigenvalue weighted by molar-refractivity contribution is 7.89. The van der Waals surface area contributed by atoms with E-state index in [1.54, 1.807) is 0 Å². The van der Waals surface area contributed by atoms with Gasteiger partial charge in [0.25, 0.3) is 0 Å². The second kappa shape index (κ2) is 9.14. The SMILES string of the molecule is O=C(C=Cc1cccc(C(F)(F)F)c1)c1ccc(S(=O)(=O)N2CCCCCC2)cc1. The summed E-state index contributed by atoms with van der Waals surface area (Å²) in [6.07, 6.45) is 1.71. The van der Waals surface area contributed by atoms with Gasteiger partial charge in [-0.15, -0.1) is 0 Å². The topological polar surface area (TPSA) is 54.5 Å². The van der Waals surface area contributed by atoms with Gasteiger partial charge in [-0.1, -0.05) is 31.1 Å². The predicted octanol–water partition coefficient (Wildman–Crippen LogP) is 5.17. The molecule has 0 aliphatic carbocycles. The predicted molar refractivity (Wildman–Crippen MR) is 108 cm³/mol. The van der Waals surface area contributed by atoms with Gasteiger partial charge in [-0.3, -0.25) is 4.79 Å². The molecule has 2 aromatic carbocycles. The molecule has 1 aliphatic heterocycles. The molecule has 0 bridgehead atoms. The number of benzene rings is 2. The van der Waals surface area contributed by atoms with Crippen LogP contribution >= 0.6 is 0 Å². The number of alkyl halides is 3. The monoisotopic (exact) mass is 437 g/mol. The zero-order valence-corrected chi connectivity index (χ0v) is 17.0. The number of allylic oxidation sites excluding steroid dienone is 1. The summed E-state index contributed by atoms with van der Waals surface area (Å²) in [5, 5.41) is 0. The van der Waals surface area contributed by atoms with Gasteiger partial charge in [0.05, 0.1) is 10.5 Å². The van der Waals surface area contributed by atoms with Crippen molar-refractivity contribution >= 4 is 21.9 Å². The molecule has 4 nitrogen and oxygen atoms in total. The minimum atomic E-state index is -4.46. The van der Waals surface area contributed by atoms with Crippen LogP contribution in [0.4, 0.5) is 13.2 Å². The van der Waals surface area contributed by atoms with Crippen molar-refractivity contribution in [1.82, 2.24) is 4.31 Å². The largest absolute Gasteiger partial charge is 0.416 e. The maximum atomic E-state index is 12.8. The third-order valence-electron chi connectivity index (χ3n) is 4.98. The molecule has 0 spiro atoms. The zero-order chi connectivity index (χ0) is 21.8. The van der Waals surface area contributed by atoms with E-state index in [9.17, 15) is 26.4 Å². The van der Waals surface area contributed by atoms with Crippen molar-refractivity contribution in [3.63, 3.8) is 0 Å². The molecule has 0 radical (unpaired) electrons. The molecule has 1 heterocycles. The second-order valence-electron chi connectivity index (χ2n) is 7.16. The van der Waals surface area contributed by atoms with Crippen molar-refractivity contribution in [3.05, 3.63) is 71.3 Å². The number of hydrogen-bond acceptors (Lipinski definition) is 3. The molecule has 3 rings (SSSR count). The molecule has 160 valence electrons. The van der Waals surface area contributed by atoms with Gasteiger partial charge in [0, 0.05) is 18.7 Å².